The van der Waals surface area contributed by atoms with Crippen molar-refractivity contribution in [2.75, 3.05) is 17.7 Å². The molecule has 92 valence electrons. The molecule has 1 aromatic carbocycles. The second-order valence-corrected chi connectivity index (χ2v) is 4.02. The van der Waals surface area contributed by atoms with E-state index in [9.17, 15) is 4.79 Å². The molecule has 18 heavy (non-hydrogen) atoms. The number of amides is 1. The van der Waals surface area contributed by atoms with Crippen molar-refractivity contribution in [2.45, 2.75) is 0 Å². The molecule has 0 bridgehead atoms. The Morgan fingerprint density at radius 3 is 2.61 bits per heavy atom. The van der Waals surface area contributed by atoms with Crippen LogP contribution < -0.4 is 10.6 Å². The van der Waals surface area contributed by atoms with Crippen LogP contribution in [0.25, 0.3) is 0 Å². The Labute approximate surface area is 110 Å². The van der Waals surface area contributed by atoms with Gasteiger partial charge in [-0.05, 0) is 24.3 Å². The van der Waals surface area contributed by atoms with Crippen LogP contribution in [-0.4, -0.2) is 17.9 Å². The van der Waals surface area contributed by atoms with Gasteiger partial charge in [-0.2, -0.15) is 0 Å². The maximum atomic E-state index is 12.0. The Morgan fingerprint density at radius 1 is 1.22 bits per heavy atom. The van der Waals surface area contributed by atoms with E-state index in [-0.39, 0.29) is 11.1 Å². The van der Waals surface area contributed by atoms with Crippen LogP contribution in [0.15, 0.2) is 42.5 Å². The van der Waals surface area contributed by atoms with Crippen molar-refractivity contribution in [3.8, 4) is 0 Å². The first kappa shape index (κ1) is 12.4. The van der Waals surface area contributed by atoms with E-state index in [4.69, 9.17) is 11.6 Å². The Kier molecular flexibility index (Phi) is 3.79. The van der Waals surface area contributed by atoms with Gasteiger partial charge in [0, 0.05) is 18.3 Å². The van der Waals surface area contributed by atoms with E-state index in [1.807, 2.05) is 30.3 Å². The van der Waals surface area contributed by atoms with E-state index < -0.39 is 0 Å². The highest BCUT2D eigenvalue weighted by Crippen LogP contribution is 2.16. The Morgan fingerprint density at radius 2 is 1.94 bits per heavy atom. The van der Waals surface area contributed by atoms with Crippen molar-refractivity contribution in [1.29, 1.82) is 0 Å². The summed E-state index contributed by atoms with van der Waals surface area (Å²) >= 11 is 5.84. The molecule has 0 atom stereocenters. The van der Waals surface area contributed by atoms with Crippen molar-refractivity contribution >= 4 is 29.0 Å². The van der Waals surface area contributed by atoms with Crippen LogP contribution in [0.2, 0.25) is 5.15 Å². The molecule has 0 aliphatic rings. The number of carbonyl (C=O) groups is 1. The number of halogens is 1. The van der Waals surface area contributed by atoms with E-state index in [0.717, 1.165) is 5.69 Å². The standard InChI is InChI=1S/C13H12ClN3O/c1-15-12-8-9(7-11(14)17-12)13(18)16-10-5-3-2-4-6-10/h2-8H,1H3,(H,15,17)(H,16,18). The van der Waals surface area contributed by atoms with Crippen molar-refractivity contribution < 1.29 is 4.79 Å². The summed E-state index contributed by atoms with van der Waals surface area (Å²) in [5.74, 6) is 0.336. The Balaban J connectivity index is 2.21. The van der Waals surface area contributed by atoms with Gasteiger partial charge in [-0.25, -0.2) is 4.98 Å². The van der Waals surface area contributed by atoms with Crippen molar-refractivity contribution in [2.24, 2.45) is 0 Å². The molecule has 0 radical (unpaired) electrons. The first-order chi connectivity index (χ1) is 8.69. The van der Waals surface area contributed by atoms with Crippen LogP contribution in [0.5, 0.6) is 0 Å². The van der Waals surface area contributed by atoms with Crippen LogP contribution >= 0.6 is 11.6 Å². The molecule has 5 heteroatoms. The number of hydrogen-bond acceptors (Lipinski definition) is 3. The van der Waals surface area contributed by atoms with Crippen molar-refractivity contribution in [1.82, 2.24) is 4.98 Å². The van der Waals surface area contributed by atoms with Crippen molar-refractivity contribution in [3.63, 3.8) is 0 Å². The fraction of sp³-hybridized carbons (Fsp3) is 0.0769. The lowest BCUT2D eigenvalue weighted by Gasteiger charge is -2.07. The van der Waals surface area contributed by atoms with Gasteiger partial charge < -0.3 is 10.6 Å². The molecule has 2 aromatic rings. The number of benzene rings is 1. The number of rotatable bonds is 3. The van der Waals surface area contributed by atoms with Crippen LogP contribution in [0.4, 0.5) is 11.5 Å². The monoisotopic (exact) mass is 261 g/mol. The predicted octanol–water partition coefficient (Wildman–Crippen LogP) is 3.03. The third-order valence-corrected chi connectivity index (χ3v) is 2.54. The third-order valence-electron chi connectivity index (χ3n) is 2.34. The van der Waals surface area contributed by atoms with E-state index in [1.54, 1.807) is 13.1 Å². The molecule has 4 nitrogen and oxygen atoms in total. The minimum Gasteiger partial charge on any atom is -0.373 e. The molecule has 0 fully saturated rings. The number of aromatic nitrogens is 1. The SMILES string of the molecule is CNc1cc(C(=O)Nc2ccccc2)cc(Cl)n1. The molecule has 0 saturated heterocycles. The first-order valence-electron chi connectivity index (χ1n) is 5.41. The van der Waals surface area contributed by atoms with Gasteiger partial charge >= 0.3 is 0 Å². The molecule has 0 spiro atoms. The van der Waals surface area contributed by atoms with Gasteiger partial charge in [0.1, 0.15) is 11.0 Å². The highest BCUT2D eigenvalue weighted by atomic mass is 35.5. The molecule has 0 saturated carbocycles. The van der Waals surface area contributed by atoms with E-state index in [0.29, 0.717) is 11.4 Å². The molecule has 1 aromatic heterocycles. The summed E-state index contributed by atoms with van der Waals surface area (Å²) in [6.07, 6.45) is 0. The number of nitrogens with one attached hydrogen (secondary N) is 2. The molecule has 0 unspecified atom stereocenters. The zero-order valence-corrected chi connectivity index (χ0v) is 10.5. The molecule has 1 heterocycles. The Bertz CT molecular complexity index is 557. The van der Waals surface area contributed by atoms with E-state index >= 15 is 0 Å². The predicted molar refractivity (Wildman–Crippen MR) is 73.2 cm³/mol. The molecule has 0 aliphatic carbocycles. The summed E-state index contributed by atoms with van der Waals surface area (Å²) in [4.78, 5) is 16.0. The lowest BCUT2D eigenvalue weighted by atomic mass is 10.2. The first-order valence-corrected chi connectivity index (χ1v) is 5.78. The summed E-state index contributed by atoms with van der Waals surface area (Å²) in [7, 11) is 1.72. The molecular weight excluding hydrogens is 250 g/mol. The fourth-order valence-corrected chi connectivity index (χ4v) is 1.69. The molecule has 2 N–H and O–H groups in total. The van der Waals surface area contributed by atoms with Crippen LogP contribution in [0.1, 0.15) is 10.4 Å². The van der Waals surface area contributed by atoms with Gasteiger partial charge in [0.25, 0.3) is 5.91 Å². The number of pyridine rings is 1. The number of para-hydroxylation sites is 1. The topological polar surface area (TPSA) is 54.0 Å². The average molecular weight is 262 g/mol. The molecule has 1 amide bonds. The Hall–Kier alpha value is -2.07. The summed E-state index contributed by atoms with van der Waals surface area (Å²) < 4.78 is 0. The van der Waals surface area contributed by atoms with Crippen molar-refractivity contribution in [3.05, 3.63) is 53.2 Å². The average Bonchev–Trinajstić information content (AvgIpc) is 2.39. The number of anilines is 2. The van der Waals surface area contributed by atoms with Crippen LogP contribution in [0, 0.1) is 0 Å². The zero-order valence-electron chi connectivity index (χ0n) is 9.77. The maximum Gasteiger partial charge on any atom is 0.255 e. The van der Waals surface area contributed by atoms with Gasteiger partial charge in [0.15, 0.2) is 0 Å². The summed E-state index contributed by atoms with van der Waals surface area (Å²) in [5, 5.41) is 5.91. The minimum atomic E-state index is -0.220. The van der Waals surface area contributed by atoms with E-state index in [1.165, 1.54) is 6.07 Å². The van der Waals surface area contributed by atoms with Gasteiger partial charge in [0.2, 0.25) is 0 Å². The second-order valence-electron chi connectivity index (χ2n) is 3.63. The van der Waals surface area contributed by atoms with Gasteiger partial charge in [-0.15, -0.1) is 0 Å². The fourth-order valence-electron chi connectivity index (χ4n) is 1.48. The second kappa shape index (κ2) is 5.51. The zero-order chi connectivity index (χ0) is 13.0. The summed E-state index contributed by atoms with van der Waals surface area (Å²) in [6.45, 7) is 0. The third kappa shape index (κ3) is 2.99. The maximum absolute atomic E-state index is 12.0. The molecule has 2 rings (SSSR count). The van der Waals surface area contributed by atoms with Gasteiger partial charge in [-0.1, -0.05) is 29.8 Å². The molecular formula is C13H12ClN3O. The number of hydrogen-bond donors (Lipinski definition) is 2. The lowest BCUT2D eigenvalue weighted by molar-refractivity contribution is 0.102. The lowest BCUT2D eigenvalue weighted by Crippen LogP contribution is -2.12. The van der Waals surface area contributed by atoms with Crippen LogP contribution in [0.3, 0.4) is 0 Å². The summed E-state index contributed by atoms with van der Waals surface area (Å²) in [5.41, 5.74) is 1.20. The van der Waals surface area contributed by atoms with Gasteiger partial charge in [-0.3, -0.25) is 4.79 Å². The smallest absolute Gasteiger partial charge is 0.255 e. The highest BCUT2D eigenvalue weighted by Gasteiger charge is 2.09. The summed E-state index contributed by atoms with van der Waals surface area (Å²) in [6, 6.07) is 12.4. The largest absolute Gasteiger partial charge is 0.373 e. The normalized spacial score (nSPS) is 9.89. The highest BCUT2D eigenvalue weighted by molar-refractivity contribution is 6.30. The number of carbonyl (C=O) groups excluding carboxylic acids is 1. The van der Waals surface area contributed by atoms with Crippen LogP contribution in [-0.2, 0) is 0 Å². The van der Waals surface area contributed by atoms with Gasteiger partial charge in [0.05, 0.1) is 0 Å². The minimum absolute atomic E-state index is 0.220. The number of nitrogens with zero attached hydrogens (tertiary/aromatic N) is 1. The molecule has 0 aliphatic heterocycles. The van der Waals surface area contributed by atoms with E-state index in [2.05, 4.69) is 15.6 Å². The quantitative estimate of drug-likeness (QED) is 0.835.